The lowest BCUT2D eigenvalue weighted by Crippen LogP contribution is -2.31. The molecule has 0 aliphatic carbocycles. The van der Waals surface area contributed by atoms with Gasteiger partial charge in [-0.2, -0.15) is 0 Å². The Morgan fingerprint density at radius 3 is 2.69 bits per heavy atom. The van der Waals surface area contributed by atoms with E-state index in [1.807, 2.05) is 0 Å². The maximum Gasteiger partial charge on any atom is 0.303 e. The molecule has 0 spiro atoms. The second kappa shape index (κ2) is 5.84. The van der Waals surface area contributed by atoms with E-state index in [0.717, 1.165) is 19.5 Å². The van der Waals surface area contributed by atoms with Crippen molar-refractivity contribution in [3.05, 3.63) is 0 Å². The molecule has 1 aliphatic rings. The van der Waals surface area contributed by atoms with Crippen molar-refractivity contribution in [3.8, 4) is 0 Å². The number of amides is 1. The van der Waals surface area contributed by atoms with E-state index >= 15 is 0 Å². The molecule has 1 aliphatic heterocycles. The number of hydrogen-bond acceptors (Lipinski definition) is 3. The normalized spacial score (nSPS) is 22.1. The summed E-state index contributed by atoms with van der Waals surface area (Å²) in [7, 11) is 0. The van der Waals surface area contributed by atoms with Gasteiger partial charge in [-0.3, -0.25) is 9.59 Å². The number of rotatable bonds is 5. The van der Waals surface area contributed by atoms with E-state index in [1.54, 1.807) is 11.8 Å². The Kier molecular flexibility index (Phi) is 4.73. The molecule has 0 aromatic rings. The third-order valence-corrected chi connectivity index (χ3v) is 3.02. The molecule has 16 heavy (non-hydrogen) atoms. The van der Waals surface area contributed by atoms with E-state index in [9.17, 15) is 9.59 Å². The first kappa shape index (κ1) is 13.0. The minimum absolute atomic E-state index is 0.0555. The van der Waals surface area contributed by atoms with Gasteiger partial charge in [-0.05, 0) is 24.8 Å². The van der Waals surface area contributed by atoms with E-state index in [0.29, 0.717) is 18.9 Å². The molecule has 0 aromatic heterocycles. The van der Waals surface area contributed by atoms with Crippen molar-refractivity contribution in [1.29, 1.82) is 0 Å². The van der Waals surface area contributed by atoms with E-state index in [4.69, 9.17) is 10.8 Å². The van der Waals surface area contributed by atoms with Gasteiger partial charge in [-0.25, -0.2) is 0 Å². The molecule has 1 amide bonds. The summed E-state index contributed by atoms with van der Waals surface area (Å²) >= 11 is 0. The number of likely N-dealkylation sites (tertiary alicyclic amines) is 1. The quantitative estimate of drug-likeness (QED) is 0.708. The standard InChI is InChI=1S/C11H20N2O3/c1-8(5-11(15)16)4-10(14)13-3-2-9(6-12)7-13/h8-9H,2-7,12H2,1H3,(H,15,16). The van der Waals surface area contributed by atoms with Gasteiger partial charge in [0.15, 0.2) is 0 Å². The monoisotopic (exact) mass is 228 g/mol. The van der Waals surface area contributed by atoms with Gasteiger partial charge in [0.1, 0.15) is 0 Å². The molecule has 2 atom stereocenters. The van der Waals surface area contributed by atoms with E-state index in [1.165, 1.54) is 0 Å². The van der Waals surface area contributed by atoms with Crippen molar-refractivity contribution >= 4 is 11.9 Å². The Labute approximate surface area is 95.6 Å². The molecule has 92 valence electrons. The lowest BCUT2D eigenvalue weighted by Gasteiger charge is -2.18. The van der Waals surface area contributed by atoms with Crippen molar-refractivity contribution in [1.82, 2.24) is 4.90 Å². The Morgan fingerprint density at radius 2 is 2.19 bits per heavy atom. The number of hydrogen-bond donors (Lipinski definition) is 2. The molecule has 0 aromatic carbocycles. The molecule has 5 nitrogen and oxygen atoms in total. The summed E-state index contributed by atoms with van der Waals surface area (Å²) in [6, 6.07) is 0. The minimum Gasteiger partial charge on any atom is -0.481 e. The van der Waals surface area contributed by atoms with Crippen LogP contribution in [0.2, 0.25) is 0 Å². The molecule has 2 unspecified atom stereocenters. The molecule has 1 saturated heterocycles. The van der Waals surface area contributed by atoms with Gasteiger partial charge < -0.3 is 15.7 Å². The second-order valence-electron chi connectivity index (χ2n) is 4.64. The first-order valence-corrected chi connectivity index (χ1v) is 5.72. The van der Waals surface area contributed by atoms with Crippen LogP contribution in [0, 0.1) is 11.8 Å². The summed E-state index contributed by atoms with van der Waals surface area (Å²) in [5.74, 6) is -0.466. The first-order valence-electron chi connectivity index (χ1n) is 5.72. The van der Waals surface area contributed by atoms with E-state index < -0.39 is 5.97 Å². The van der Waals surface area contributed by atoms with Crippen LogP contribution in [0.1, 0.15) is 26.2 Å². The van der Waals surface area contributed by atoms with Crippen molar-refractivity contribution in [2.75, 3.05) is 19.6 Å². The van der Waals surface area contributed by atoms with E-state index in [-0.39, 0.29) is 18.2 Å². The molecule has 0 bridgehead atoms. The number of nitrogens with two attached hydrogens (primary N) is 1. The van der Waals surface area contributed by atoms with Crippen LogP contribution in [-0.2, 0) is 9.59 Å². The van der Waals surface area contributed by atoms with Crippen LogP contribution < -0.4 is 5.73 Å². The van der Waals surface area contributed by atoms with E-state index in [2.05, 4.69) is 0 Å². The van der Waals surface area contributed by atoms with Crippen LogP contribution in [-0.4, -0.2) is 41.5 Å². The average molecular weight is 228 g/mol. The smallest absolute Gasteiger partial charge is 0.303 e. The summed E-state index contributed by atoms with van der Waals surface area (Å²) in [6.45, 7) is 3.91. The summed E-state index contributed by atoms with van der Waals surface area (Å²) in [6.07, 6.45) is 1.35. The molecule has 1 rings (SSSR count). The number of nitrogens with zero attached hydrogens (tertiary/aromatic N) is 1. The van der Waals surface area contributed by atoms with Crippen molar-refractivity contribution < 1.29 is 14.7 Å². The Morgan fingerprint density at radius 1 is 1.50 bits per heavy atom. The van der Waals surface area contributed by atoms with Gasteiger partial charge in [-0.15, -0.1) is 0 Å². The van der Waals surface area contributed by atoms with Crippen molar-refractivity contribution in [3.63, 3.8) is 0 Å². The lowest BCUT2D eigenvalue weighted by atomic mass is 10.0. The third kappa shape index (κ3) is 3.81. The van der Waals surface area contributed by atoms with Crippen molar-refractivity contribution in [2.45, 2.75) is 26.2 Å². The van der Waals surface area contributed by atoms with Crippen LogP contribution in [0.25, 0.3) is 0 Å². The molecular weight excluding hydrogens is 208 g/mol. The summed E-state index contributed by atoms with van der Waals surface area (Å²) in [5, 5.41) is 8.60. The predicted molar refractivity (Wildman–Crippen MR) is 59.8 cm³/mol. The molecular formula is C11H20N2O3. The molecule has 1 heterocycles. The maximum atomic E-state index is 11.8. The average Bonchev–Trinajstić information content (AvgIpc) is 2.64. The van der Waals surface area contributed by atoms with Crippen LogP contribution in [0.3, 0.4) is 0 Å². The van der Waals surface area contributed by atoms with Crippen LogP contribution >= 0.6 is 0 Å². The molecule has 1 fully saturated rings. The Bertz CT molecular complexity index is 268. The van der Waals surface area contributed by atoms with Gasteiger partial charge in [0.2, 0.25) is 5.91 Å². The van der Waals surface area contributed by atoms with Gasteiger partial charge >= 0.3 is 5.97 Å². The topological polar surface area (TPSA) is 83.6 Å². The van der Waals surface area contributed by atoms with Gasteiger partial charge in [0.05, 0.1) is 0 Å². The fourth-order valence-corrected chi connectivity index (χ4v) is 2.05. The maximum absolute atomic E-state index is 11.8. The molecule has 5 heteroatoms. The zero-order valence-electron chi connectivity index (χ0n) is 9.69. The largest absolute Gasteiger partial charge is 0.481 e. The summed E-state index contributed by atoms with van der Waals surface area (Å²) in [5.41, 5.74) is 5.55. The highest BCUT2D eigenvalue weighted by atomic mass is 16.4. The molecule has 3 N–H and O–H groups in total. The first-order chi connectivity index (χ1) is 7.52. The summed E-state index contributed by atoms with van der Waals surface area (Å²) in [4.78, 5) is 24.1. The second-order valence-corrected chi connectivity index (χ2v) is 4.64. The van der Waals surface area contributed by atoms with Crippen LogP contribution in [0.4, 0.5) is 0 Å². The SMILES string of the molecule is CC(CC(=O)O)CC(=O)N1CCC(CN)C1. The number of aliphatic carboxylic acids is 1. The highest BCUT2D eigenvalue weighted by Crippen LogP contribution is 2.18. The highest BCUT2D eigenvalue weighted by molar-refractivity contribution is 5.77. The third-order valence-electron chi connectivity index (χ3n) is 3.02. The molecule has 0 saturated carbocycles. The number of carboxylic acid groups (broad SMARTS) is 1. The minimum atomic E-state index is -0.846. The fourth-order valence-electron chi connectivity index (χ4n) is 2.05. The van der Waals surface area contributed by atoms with Gasteiger partial charge in [-0.1, -0.05) is 6.92 Å². The fraction of sp³-hybridized carbons (Fsp3) is 0.818. The highest BCUT2D eigenvalue weighted by Gasteiger charge is 2.26. The lowest BCUT2D eigenvalue weighted by molar-refractivity contribution is -0.138. The van der Waals surface area contributed by atoms with Crippen LogP contribution in [0.15, 0.2) is 0 Å². The van der Waals surface area contributed by atoms with Gasteiger partial charge in [0, 0.05) is 25.9 Å². The van der Waals surface area contributed by atoms with Gasteiger partial charge in [0.25, 0.3) is 0 Å². The number of carboxylic acids is 1. The van der Waals surface area contributed by atoms with Crippen molar-refractivity contribution in [2.24, 2.45) is 17.6 Å². The van der Waals surface area contributed by atoms with Crippen LogP contribution in [0.5, 0.6) is 0 Å². The Balaban J connectivity index is 2.33. The number of carbonyl (C=O) groups is 2. The summed E-state index contributed by atoms with van der Waals surface area (Å²) < 4.78 is 0. The predicted octanol–water partition coefficient (Wildman–Crippen LogP) is 0.295. The Hall–Kier alpha value is -1.10. The number of carbonyl (C=O) groups excluding carboxylic acids is 1. The molecule has 0 radical (unpaired) electrons. The zero-order chi connectivity index (χ0) is 12.1. The zero-order valence-corrected chi connectivity index (χ0v) is 9.69.